The van der Waals surface area contributed by atoms with E-state index in [0.717, 1.165) is 11.1 Å². The van der Waals surface area contributed by atoms with Crippen LogP contribution in [0.1, 0.15) is 57.1 Å². The molecule has 0 amide bonds. The molecule has 0 fully saturated rings. The molecule has 0 bridgehead atoms. The second-order valence-electron chi connectivity index (χ2n) is 8.10. The van der Waals surface area contributed by atoms with E-state index in [1.54, 1.807) is 31.5 Å². The third-order valence-electron chi connectivity index (χ3n) is 5.67. The van der Waals surface area contributed by atoms with Gasteiger partial charge in [0, 0.05) is 17.8 Å². The standard InChI is InChI=1S/C28H30ClNO6/c1-4-34-24(31)17-23-25(27(32)35-5-2)22(15-14-19-12-9-13-21(29)16-19)26(30(23)3)28(33)36-18-20-10-7-6-8-11-20/h6-13,16H,4-5,14-15,17-18H2,1-3H3. The minimum atomic E-state index is -0.601. The Hall–Kier alpha value is -3.58. The molecule has 1 heterocycles. The van der Waals surface area contributed by atoms with Crippen molar-refractivity contribution in [3.05, 3.63) is 93.3 Å². The Morgan fingerprint density at radius 3 is 2.19 bits per heavy atom. The quantitative estimate of drug-likeness (QED) is 0.263. The summed E-state index contributed by atoms with van der Waals surface area (Å²) in [6.07, 6.45) is 0.657. The van der Waals surface area contributed by atoms with Crippen molar-refractivity contribution in [3.8, 4) is 0 Å². The number of halogens is 1. The van der Waals surface area contributed by atoms with Crippen LogP contribution in [-0.2, 0) is 51.9 Å². The maximum atomic E-state index is 13.4. The van der Waals surface area contributed by atoms with Crippen LogP contribution in [0.15, 0.2) is 54.6 Å². The van der Waals surface area contributed by atoms with Crippen molar-refractivity contribution in [2.75, 3.05) is 13.2 Å². The molecular weight excluding hydrogens is 482 g/mol. The summed E-state index contributed by atoms with van der Waals surface area (Å²) in [4.78, 5) is 38.8. The number of benzene rings is 2. The van der Waals surface area contributed by atoms with Crippen LogP contribution in [0.2, 0.25) is 5.02 Å². The molecule has 190 valence electrons. The predicted molar refractivity (Wildman–Crippen MR) is 136 cm³/mol. The van der Waals surface area contributed by atoms with Crippen molar-refractivity contribution < 1.29 is 28.6 Å². The van der Waals surface area contributed by atoms with Gasteiger partial charge in [0.2, 0.25) is 0 Å². The molecule has 36 heavy (non-hydrogen) atoms. The lowest BCUT2D eigenvalue weighted by Crippen LogP contribution is -2.16. The van der Waals surface area contributed by atoms with Gasteiger partial charge in [0.05, 0.1) is 25.2 Å². The summed E-state index contributed by atoms with van der Waals surface area (Å²) in [6, 6.07) is 16.7. The molecule has 3 aromatic rings. The van der Waals surface area contributed by atoms with Crippen molar-refractivity contribution in [2.24, 2.45) is 7.05 Å². The van der Waals surface area contributed by atoms with Crippen molar-refractivity contribution in [1.29, 1.82) is 0 Å². The zero-order valence-corrected chi connectivity index (χ0v) is 21.5. The third kappa shape index (κ3) is 6.76. The van der Waals surface area contributed by atoms with Gasteiger partial charge in [-0.2, -0.15) is 0 Å². The van der Waals surface area contributed by atoms with Crippen LogP contribution in [0.3, 0.4) is 0 Å². The first-order valence-electron chi connectivity index (χ1n) is 11.8. The van der Waals surface area contributed by atoms with Crippen LogP contribution >= 0.6 is 11.6 Å². The molecule has 1 aromatic heterocycles. The normalized spacial score (nSPS) is 10.7. The second-order valence-corrected chi connectivity index (χ2v) is 8.54. The highest BCUT2D eigenvalue weighted by atomic mass is 35.5. The highest BCUT2D eigenvalue weighted by molar-refractivity contribution is 6.30. The number of nitrogens with zero attached hydrogens (tertiary/aromatic N) is 1. The lowest BCUT2D eigenvalue weighted by molar-refractivity contribution is -0.142. The number of hydrogen-bond acceptors (Lipinski definition) is 6. The Kier molecular flexibility index (Phi) is 9.70. The number of esters is 3. The molecule has 0 spiro atoms. The maximum absolute atomic E-state index is 13.4. The van der Waals surface area contributed by atoms with E-state index in [1.807, 2.05) is 48.5 Å². The zero-order valence-electron chi connectivity index (χ0n) is 20.7. The van der Waals surface area contributed by atoms with Crippen LogP contribution < -0.4 is 0 Å². The number of carbonyl (C=O) groups excluding carboxylic acids is 3. The summed E-state index contributed by atoms with van der Waals surface area (Å²) in [5, 5.41) is 0.594. The number of aryl methyl sites for hydroxylation is 1. The molecule has 0 atom stereocenters. The van der Waals surface area contributed by atoms with E-state index in [2.05, 4.69) is 0 Å². The number of ether oxygens (including phenoxy) is 3. The molecule has 0 N–H and O–H groups in total. The van der Waals surface area contributed by atoms with Crippen molar-refractivity contribution in [3.63, 3.8) is 0 Å². The number of carbonyl (C=O) groups is 3. The van der Waals surface area contributed by atoms with Crippen molar-refractivity contribution >= 4 is 29.5 Å². The molecule has 0 radical (unpaired) electrons. The smallest absolute Gasteiger partial charge is 0.355 e. The third-order valence-corrected chi connectivity index (χ3v) is 5.91. The summed E-state index contributed by atoms with van der Waals surface area (Å²) in [6.45, 7) is 3.82. The molecule has 0 unspecified atom stereocenters. The summed E-state index contributed by atoms with van der Waals surface area (Å²) in [5.74, 6) is -1.70. The Bertz CT molecular complexity index is 1220. The zero-order chi connectivity index (χ0) is 26.1. The molecule has 7 nitrogen and oxygen atoms in total. The molecule has 0 saturated carbocycles. The van der Waals surface area contributed by atoms with Gasteiger partial charge in [-0.15, -0.1) is 0 Å². The first-order chi connectivity index (χ1) is 17.3. The summed E-state index contributed by atoms with van der Waals surface area (Å²) in [5.41, 5.74) is 2.99. The maximum Gasteiger partial charge on any atom is 0.355 e. The number of hydrogen-bond donors (Lipinski definition) is 0. The first-order valence-corrected chi connectivity index (χ1v) is 12.2. The molecule has 0 aliphatic heterocycles. The molecule has 0 saturated heterocycles. The van der Waals surface area contributed by atoms with E-state index in [4.69, 9.17) is 25.8 Å². The van der Waals surface area contributed by atoms with Gasteiger partial charge >= 0.3 is 17.9 Å². The van der Waals surface area contributed by atoms with E-state index in [9.17, 15) is 14.4 Å². The topological polar surface area (TPSA) is 83.8 Å². The van der Waals surface area contributed by atoms with Gasteiger partial charge in [-0.3, -0.25) is 4.79 Å². The van der Waals surface area contributed by atoms with Crippen LogP contribution in [0.25, 0.3) is 0 Å². The minimum Gasteiger partial charge on any atom is -0.466 e. The molecule has 3 rings (SSSR count). The van der Waals surface area contributed by atoms with E-state index >= 15 is 0 Å². The molecule has 2 aromatic carbocycles. The van der Waals surface area contributed by atoms with Crippen molar-refractivity contribution in [2.45, 2.75) is 39.7 Å². The summed E-state index contributed by atoms with van der Waals surface area (Å²) >= 11 is 6.14. The lowest BCUT2D eigenvalue weighted by atomic mass is 9.99. The van der Waals surface area contributed by atoms with E-state index < -0.39 is 17.9 Å². The van der Waals surface area contributed by atoms with E-state index in [1.165, 1.54) is 0 Å². The number of rotatable bonds is 11. The Balaban J connectivity index is 2.05. The van der Waals surface area contributed by atoms with E-state index in [0.29, 0.717) is 29.1 Å². The highest BCUT2D eigenvalue weighted by Gasteiger charge is 2.32. The SMILES string of the molecule is CCOC(=O)Cc1c(C(=O)OCC)c(CCc2cccc(Cl)c2)c(C(=O)OCc2ccccc2)n1C. The van der Waals surface area contributed by atoms with Gasteiger partial charge in [0.15, 0.2) is 0 Å². The van der Waals surface area contributed by atoms with Gasteiger partial charge < -0.3 is 18.8 Å². The van der Waals surface area contributed by atoms with Gasteiger partial charge in [-0.25, -0.2) is 9.59 Å². The monoisotopic (exact) mass is 511 g/mol. The molecule has 8 heteroatoms. The Morgan fingerprint density at radius 2 is 1.53 bits per heavy atom. The molecular formula is C28H30ClNO6. The fourth-order valence-corrected chi connectivity index (χ4v) is 4.27. The summed E-state index contributed by atoms with van der Waals surface area (Å²) in [7, 11) is 1.64. The van der Waals surface area contributed by atoms with E-state index in [-0.39, 0.29) is 37.5 Å². The first kappa shape index (κ1) is 27.0. The van der Waals surface area contributed by atoms with Gasteiger partial charge in [-0.05, 0) is 55.5 Å². The Morgan fingerprint density at radius 1 is 0.833 bits per heavy atom. The fraction of sp³-hybridized carbons (Fsp3) is 0.321. The minimum absolute atomic E-state index is 0.0700. The van der Waals surface area contributed by atoms with Crippen LogP contribution in [0.5, 0.6) is 0 Å². The van der Waals surface area contributed by atoms with Gasteiger partial charge in [-0.1, -0.05) is 54.1 Å². The van der Waals surface area contributed by atoms with Gasteiger partial charge in [0.1, 0.15) is 12.3 Å². The summed E-state index contributed by atoms with van der Waals surface area (Å²) < 4.78 is 17.6. The lowest BCUT2D eigenvalue weighted by Gasteiger charge is -2.10. The highest BCUT2D eigenvalue weighted by Crippen LogP contribution is 2.28. The predicted octanol–water partition coefficient (Wildman–Crippen LogP) is 5.10. The van der Waals surface area contributed by atoms with Gasteiger partial charge in [0.25, 0.3) is 0 Å². The van der Waals surface area contributed by atoms with Crippen LogP contribution in [0.4, 0.5) is 0 Å². The average molecular weight is 512 g/mol. The average Bonchev–Trinajstić information content (AvgIpc) is 3.13. The molecule has 0 aliphatic rings. The van der Waals surface area contributed by atoms with Crippen LogP contribution in [-0.4, -0.2) is 35.7 Å². The second kappa shape index (κ2) is 12.9. The number of aromatic nitrogens is 1. The van der Waals surface area contributed by atoms with Crippen LogP contribution in [0, 0.1) is 0 Å². The van der Waals surface area contributed by atoms with Crippen molar-refractivity contribution in [1.82, 2.24) is 4.57 Å². The largest absolute Gasteiger partial charge is 0.466 e. The Labute approximate surface area is 215 Å². The molecule has 0 aliphatic carbocycles. The fourth-order valence-electron chi connectivity index (χ4n) is 4.05.